The van der Waals surface area contributed by atoms with E-state index < -0.39 is 0 Å². The van der Waals surface area contributed by atoms with Crippen LogP contribution in [0.4, 0.5) is 0 Å². The fourth-order valence-electron chi connectivity index (χ4n) is 1.87. The predicted molar refractivity (Wildman–Crippen MR) is 71.9 cm³/mol. The molecule has 0 fully saturated rings. The molecule has 1 aromatic carbocycles. The molecule has 0 bridgehead atoms. The molecule has 0 aliphatic rings. The zero-order valence-corrected chi connectivity index (χ0v) is 11.6. The zero-order chi connectivity index (χ0) is 11.8. The first-order chi connectivity index (χ1) is 7.77. The number of hydrogen-bond acceptors (Lipinski definition) is 2. The van der Waals surface area contributed by atoms with Gasteiger partial charge in [-0.1, -0.05) is 28.1 Å². The number of nitrogens with one attached hydrogen (secondary N) is 1. The van der Waals surface area contributed by atoms with Gasteiger partial charge in [-0.3, -0.25) is 0 Å². The van der Waals surface area contributed by atoms with Crippen molar-refractivity contribution in [2.75, 3.05) is 27.3 Å². The van der Waals surface area contributed by atoms with E-state index in [1.807, 2.05) is 7.05 Å². The molecule has 0 amide bonds. The summed E-state index contributed by atoms with van der Waals surface area (Å²) in [6.07, 6.45) is 2.26. The molecule has 0 aliphatic carbocycles. The van der Waals surface area contributed by atoms with E-state index in [1.165, 1.54) is 5.56 Å². The minimum atomic E-state index is 0.567. The van der Waals surface area contributed by atoms with Gasteiger partial charge in [0.15, 0.2) is 0 Å². The van der Waals surface area contributed by atoms with Crippen molar-refractivity contribution in [2.24, 2.45) is 0 Å². The van der Waals surface area contributed by atoms with Gasteiger partial charge in [0.2, 0.25) is 0 Å². The summed E-state index contributed by atoms with van der Waals surface area (Å²) in [5.41, 5.74) is 1.39. The van der Waals surface area contributed by atoms with Crippen LogP contribution in [0.15, 0.2) is 28.7 Å². The lowest BCUT2D eigenvalue weighted by Gasteiger charge is -2.17. The highest BCUT2D eigenvalue weighted by Crippen LogP contribution is 2.23. The van der Waals surface area contributed by atoms with Crippen molar-refractivity contribution in [3.8, 4) is 0 Å². The third-order valence-electron chi connectivity index (χ3n) is 2.67. The maximum Gasteiger partial charge on any atom is 0.0462 e. The number of methoxy groups -OCH3 is 1. The summed E-state index contributed by atoms with van der Waals surface area (Å²) in [7, 11) is 3.76. The molecule has 1 aromatic rings. The summed E-state index contributed by atoms with van der Waals surface area (Å²) < 4.78 is 6.25. The van der Waals surface area contributed by atoms with Gasteiger partial charge in [0.25, 0.3) is 0 Å². The molecule has 16 heavy (non-hydrogen) atoms. The summed E-state index contributed by atoms with van der Waals surface area (Å²) in [4.78, 5) is 0. The van der Waals surface area contributed by atoms with E-state index in [9.17, 15) is 0 Å². The molecule has 0 aromatic heterocycles. The van der Waals surface area contributed by atoms with Crippen LogP contribution in [-0.2, 0) is 4.74 Å². The van der Waals surface area contributed by atoms with Crippen LogP contribution in [0.25, 0.3) is 0 Å². The first-order valence-electron chi connectivity index (χ1n) is 5.67. The SMILES string of the molecule is CNCC(CCCOC)c1cccc(Br)c1. The van der Waals surface area contributed by atoms with Crippen LogP contribution in [0.3, 0.4) is 0 Å². The quantitative estimate of drug-likeness (QED) is 0.777. The Hall–Kier alpha value is -0.380. The van der Waals surface area contributed by atoms with Gasteiger partial charge in [-0.25, -0.2) is 0 Å². The topological polar surface area (TPSA) is 21.3 Å². The van der Waals surface area contributed by atoms with Crippen molar-refractivity contribution < 1.29 is 4.74 Å². The number of likely N-dealkylation sites (N-methyl/N-ethyl adjacent to an activating group) is 1. The summed E-state index contributed by atoms with van der Waals surface area (Å²) >= 11 is 3.52. The molecule has 1 unspecified atom stereocenters. The second-order valence-corrected chi connectivity index (χ2v) is 4.86. The Morgan fingerprint density at radius 3 is 2.88 bits per heavy atom. The number of ether oxygens (including phenoxy) is 1. The average Bonchev–Trinajstić information content (AvgIpc) is 2.28. The molecule has 1 atom stereocenters. The lowest BCUT2D eigenvalue weighted by atomic mass is 9.94. The molecule has 1 rings (SSSR count). The Morgan fingerprint density at radius 2 is 2.25 bits per heavy atom. The van der Waals surface area contributed by atoms with Crippen LogP contribution >= 0.6 is 15.9 Å². The van der Waals surface area contributed by atoms with Crippen LogP contribution in [-0.4, -0.2) is 27.3 Å². The van der Waals surface area contributed by atoms with Crippen LogP contribution in [0.1, 0.15) is 24.3 Å². The van der Waals surface area contributed by atoms with Crippen molar-refractivity contribution in [1.29, 1.82) is 0 Å². The van der Waals surface area contributed by atoms with Crippen molar-refractivity contribution in [1.82, 2.24) is 5.32 Å². The van der Waals surface area contributed by atoms with Crippen molar-refractivity contribution in [3.63, 3.8) is 0 Å². The molecule has 90 valence electrons. The number of benzene rings is 1. The Morgan fingerprint density at radius 1 is 1.44 bits per heavy atom. The second-order valence-electron chi connectivity index (χ2n) is 3.94. The molecule has 3 heteroatoms. The molecule has 0 heterocycles. The average molecular weight is 286 g/mol. The van der Waals surface area contributed by atoms with Gasteiger partial charge in [0, 0.05) is 24.7 Å². The Bertz CT molecular complexity index is 304. The van der Waals surface area contributed by atoms with Crippen LogP contribution < -0.4 is 5.32 Å². The first kappa shape index (κ1) is 13.7. The molecule has 0 saturated carbocycles. The molecule has 0 spiro atoms. The smallest absolute Gasteiger partial charge is 0.0462 e. The Kier molecular flexibility index (Phi) is 6.69. The third kappa shape index (κ3) is 4.64. The van der Waals surface area contributed by atoms with Gasteiger partial charge >= 0.3 is 0 Å². The third-order valence-corrected chi connectivity index (χ3v) is 3.16. The second kappa shape index (κ2) is 7.82. The number of hydrogen-bond donors (Lipinski definition) is 1. The lowest BCUT2D eigenvalue weighted by Crippen LogP contribution is -2.17. The van der Waals surface area contributed by atoms with Gasteiger partial charge in [0.1, 0.15) is 0 Å². The summed E-state index contributed by atoms with van der Waals surface area (Å²) in [6.45, 7) is 1.86. The lowest BCUT2D eigenvalue weighted by molar-refractivity contribution is 0.190. The van der Waals surface area contributed by atoms with Crippen molar-refractivity contribution >= 4 is 15.9 Å². The number of halogens is 1. The van der Waals surface area contributed by atoms with E-state index >= 15 is 0 Å². The molecular weight excluding hydrogens is 266 g/mol. The highest BCUT2D eigenvalue weighted by Gasteiger charge is 2.10. The molecular formula is C13H20BrNO. The van der Waals surface area contributed by atoms with Gasteiger partial charge < -0.3 is 10.1 Å². The Labute approximate surface area is 107 Å². The molecule has 0 radical (unpaired) electrons. The van der Waals surface area contributed by atoms with E-state index in [2.05, 4.69) is 45.5 Å². The molecule has 2 nitrogen and oxygen atoms in total. The van der Waals surface area contributed by atoms with Gasteiger partial charge in [0.05, 0.1) is 0 Å². The summed E-state index contributed by atoms with van der Waals surface area (Å²) in [6, 6.07) is 8.56. The van der Waals surface area contributed by atoms with E-state index in [1.54, 1.807) is 7.11 Å². The van der Waals surface area contributed by atoms with Crippen molar-refractivity contribution in [2.45, 2.75) is 18.8 Å². The largest absolute Gasteiger partial charge is 0.385 e. The van der Waals surface area contributed by atoms with E-state index in [0.717, 1.165) is 30.5 Å². The number of rotatable bonds is 7. The highest BCUT2D eigenvalue weighted by atomic mass is 79.9. The van der Waals surface area contributed by atoms with Crippen molar-refractivity contribution in [3.05, 3.63) is 34.3 Å². The maximum absolute atomic E-state index is 5.10. The van der Waals surface area contributed by atoms with Gasteiger partial charge in [-0.2, -0.15) is 0 Å². The monoisotopic (exact) mass is 285 g/mol. The fourth-order valence-corrected chi connectivity index (χ4v) is 2.28. The predicted octanol–water partition coefficient (Wildman–Crippen LogP) is 3.18. The van der Waals surface area contributed by atoms with E-state index in [0.29, 0.717) is 5.92 Å². The van der Waals surface area contributed by atoms with Gasteiger partial charge in [-0.05, 0) is 43.5 Å². The fraction of sp³-hybridized carbons (Fsp3) is 0.538. The van der Waals surface area contributed by atoms with E-state index in [-0.39, 0.29) is 0 Å². The maximum atomic E-state index is 5.10. The van der Waals surface area contributed by atoms with Gasteiger partial charge in [-0.15, -0.1) is 0 Å². The minimum absolute atomic E-state index is 0.567. The van der Waals surface area contributed by atoms with Crippen LogP contribution in [0, 0.1) is 0 Å². The molecule has 1 N–H and O–H groups in total. The standard InChI is InChI=1S/C13H20BrNO/c1-15-10-12(6-4-8-16-2)11-5-3-7-13(14)9-11/h3,5,7,9,12,15H,4,6,8,10H2,1-2H3. The normalized spacial score (nSPS) is 12.7. The molecule has 0 saturated heterocycles. The summed E-state index contributed by atoms with van der Waals surface area (Å²) in [5, 5.41) is 3.26. The minimum Gasteiger partial charge on any atom is -0.385 e. The Balaban J connectivity index is 2.61. The highest BCUT2D eigenvalue weighted by molar-refractivity contribution is 9.10. The van der Waals surface area contributed by atoms with E-state index in [4.69, 9.17) is 4.74 Å². The van der Waals surface area contributed by atoms with Crippen LogP contribution in [0.5, 0.6) is 0 Å². The first-order valence-corrected chi connectivity index (χ1v) is 6.46. The summed E-state index contributed by atoms with van der Waals surface area (Å²) in [5.74, 6) is 0.567. The van der Waals surface area contributed by atoms with Crippen LogP contribution in [0.2, 0.25) is 0 Å². The zero-order valence-electron chi connectivity index (χ0n) is 10.0. The molecule has 0 aliphatic heterocycles.